The summed E-state index contributed by atoms with van der Waals surface area (Å²) in [5.74, 6) is -0.254. The maximum atomic E-state index is 11.1. The highest BCUT2D eigenvalue weighted by Gasteiger charge is 2.29. The molecule has 0 fully saturated rings. The smallest absolute Gasteiger partial charge is 0.335 e. The molecule has 80 valence electrons. The van der Waals surface area contributed by atoms with Gasteiger partial charge in [0.2, 0.25) is 0 Å². The Kier molecular flexibility index (Phi) is 4.46. The first kappa shape index (κ1) is 11.6. The van der Waals surface area contributed by atoms with Crippen molar-refractivity contribution in [1.82, 2.24) is 0 Å². The Balaban J connectivity index is 2.30. The van der Waals surface area contributed by atoms with Gasteiger partial charge in [0.15, 0.2) is 0 Å². The summed E-state index contributed by atoms with van der Waals surface area (Å²) in [5, 5.41) is 0.603. The van der Waals surface area contributed by atoms with Crippen LogP contribution in [-0.2, 0) is 9.53 Å². The molecule has 1 aliphatic heterocycles. The number of cyclic esters (lactones) is 1. The molecular formula is C11H17ClO2. The Hall–Kier alpha value is -0.500. The number of unbranched alkanes of at least 4 members (excludes halogenated alkanes) is 3. The second-order valence-corrected chi connectivity index (χ2v) is 4.12. The van der Waals surface area contributed by atoms with Crippen LogP contribution in [0.15, 0.2) is 10.6 Å². The summed E-state index contributed by atoms with van der Waals surface area (Å²) in [5.41, 5.74) is 0.576. The molecule has 0 saturated heterocycles. The van der Waals surface area contributed by atoms with Crippen molar-refractivity contribution in [2.24, 2.45) is 0 Å². The van der Waals surface area contributed by atoms with Crippen LogP contribution >= 0.6 is 11.6 Å². The average Bonchev–Trinajstić information content (AvgIpc) is 2.41. The number of carbonyl (C=O) groups is 1. The van der Waals surface area contributed by atoms with E-state index in [4.69, 9.17) is 16.3 Å². The highest BCUT2D eigenvalue weighted by molar-refractivity contribution is 6.33. The molecule has 2 nitrogen and oxygen atoms in total. The van der Waals surface area contributed by atoms with Crippen molar-refractivity contribution < 1.29 is 9.53 Å². The second-order valence-electron chi connectivity index (χ2n) is 3.72. The van der Waals surface area contributed by atoms with Crippen LogP contribution in [0.25, 0.3) is 0 Å². The third-order valence-corrected chi connectivity index (χ3v) is 3.04. The lowest BCUT2D eigenvalue weighted by Crippen LogP contribution is -2.09. The van der Waals surface area contributed by atoms with Gasteiger partial charge in [0, 0.05) is 0 Å². The van der Waals surface area contributed by atoms with E-state index in [9.17, 15) is 4.79 Å². The largest absolute Gasteiger partial charge is 0.453 e. The van der Waals surface area contributed by atoms with Gasteiger partial charge in [-0.3, -0.25) is 0 Å². The first-order chi connectivity index (χ1) is 6.66. The molecule has 1 heterocycles. The zero-order valence-electron chi connectivity index (χ0n) is 8.81. The molecule has 1 aliphatic rings. The molecule has 0 N–H and O–H groups in total. The molecule has 14 heavy (non-hydrogen) atoms. The molecule has 0 aromatic heterocycles. The first-order valence-corrected chi connectivity index (χ1v) is 5.61. The molecule has 0 radical (unpaired) electrons. The molecule has 0 bridgehead atoms. The monoisotopic (exact) mass is 216 g/mol. The molecule has 1 atom stereocenters. The van der Waals surface area contributed by atoms with Crippen molar-refractivity contribution in [2.75, 3.05) is 0 Å². The first-order valence-electron chi connectivity index (χ1n) is 5.24. The number of rotatable bonds is 5. The third kappa shape index (κ3) is 2.74. The Labute approximate surface area is 90.3 Å². The molecule has 0 amide bonds. The lowest BCUT2D eigenvalue weighted by molar-refractivity contribution is -0.139. The highest BCUT2D eigenvalue weighted by atomic mass is 35.5. The van der Waals surface area contributed by atoms with Crippen molar-refractivity contribution in [3.8, 4) is 0 Å². The van der Waals surface area contributed by atoms with Gasteiger partial charge in [-0.2, -0.15) is 0 Å². The van der Waals surface area contributed by atoms with Gasteiger partial charge in [-0.25, -0.2) is 4.79 Å². The maximum Gasteiger partial charge on any atom is 0.335 e. The number of hydrogen-bond donors (Lipinski definition) is 0. The average molecular weight is 217 g/mol. The van der Waals surface area contributed by atoms with Crippen LogP contribution in [0.1, 0.15) is 46.0 Å². The van der Waals surface area contributed by atoms with Gasteiger partial charge in [-0.15, -0.1) is 0 Å². The predicted molar refractivity (Wildman–Crippen MR) is 57.2 cm³/mol. The van der Waals surface area contributed by atoms with Crippen LogP contribution in [0, 0.1) is 0 Å². The number of ether oxygens (including phenoxy) is 1. The van der Waals surface area contributed by atoms with Crippen molar-refractivity contribution in [3.63, 3.8) is 0 Å². The summed E-state index contributed by atoms with van der Waals surface area (Å²) in [6, 6.07) is 0. The van der Waals surface area contributed by atoms with Crippen molar-refractivity contribution in [3.05, 3.63) is 10.6 Å². The summed E-state index contributed by atoms with van der Waals surface area (Å²) in [6.45, 7) is 3.89. The molecule has 0 aromatic carbocycles. The van der Waals surface area contributed by atoms with Gasteiger partial charge in [0.1, 0.15) is 6.10 Å². The van der Waals surface area contributed by atoms with Crippen LogP contribution in [0.3, 0.4) is 0 Å². The lowest BCUT2D eigenvalue weighted by Gasteiger charge is -2.09. The Morgan fingerprint density at radius 3 is 2.57 bits per heavy atom. The number of carbonyl (C=O) groups excluding carboxylic acids is 1. The zero-order chi connectivity index (χ0) is 10.6. The Morgan fingerprint density at radius 2 is 2.07 bits per heavy atom. The van der Waals surface area contributed by atoms with Crippen LogP contribution in [0.4, 0.5) is 0 Å². The lowest BCUT2D eigenvalue weighted by atomic mass is 10.1. The van der Waals surface area contributed by atoms with E-state index in [1.54, 1.807) is 6.92 Å². The molecule has 0 saturated carbocycles. The van der Waals surface area contributed by atoms with Crippen LogP contribution in [-0.4, -0.2) is 12.1 Å². The van der Waals surface area contributed by atoms with Gasteiger partial charge in [0.25, 0.3) is 0 Å². The van der Waals surface area contributed by atoms with Gasteiger partial charge in [-0.05, 0) is 19.8 Å². The molecule has 0 spiro atoms. The fourth-order valence-corrected chi connectivity index (χ4v) is 1.78. The van der Waals surface area contributed by atoms with Gasteiger partial charge < -0.3 is 4.74 Å². The summed E-state index contributed by atoms with van der Waals surface area (Å²) in [7, 11) is 0. The maximum absolute atomic E-state index is 11.1. The van der Waals surface area contributed by atoms with Gasteiger partial charge >= 0.3 is 5.97 Å². The van der Waals surface area contributed by atoms with E-state index >= 15 is 0 Å². The van der Waals surface area contributed by atoms with Crippen molar-refractivity contribution >= 4 is 17.6 Å². The minimum absolute atomic E-state index is 0.166. The van der Waals surface area contributed by atoms with E-state index in [2.05, 4.69) is 6.92 Å². The SMILES string of the molecule is CCCCCC[C@@H]1OC(=O)C(C)=C1Cl. The summed E-state index contributed by atoms with van der Waals surface area (Å²) in [4.78, 5) is 11.1. The Morgan fingerprint density at radius 1 is 1.36 bits per heavy atom. The minimum Gasteiger partial charge on any atom is -0.453 e. The molecule has 0 aromatic rings. The van der Waals surface area contributed by atoms with Crippen LogP contribution in [0.2, 0.25) is 0 Å². The number of halogens is 1. The van der Waals surface area contributed by atoms with Crippen LogP contribution < -0.4 is 0 Å². The van der Waals surface area contributed by atoms with E-state index in [1.165, 1.54) is 19.3 Å². The van der Waals surface area contributed by atoms with E-state index in [0.717, 1.165) is 12.8 Å². The molecule has 0 aliphatic carbocycles. The standard InChI is InChI=1S/C11H17ClO2/c1-3-4-5-6-7-9-10(12)8(2)11(13)14-9/h9H,3-7H2,1-2H3/t9-/m0/s1. The molecule has 3 heteroatoms. The molecule has 0 unspecified atom stereocenters. The van der Waals surface area contributed by atoms with Gasteiger partial charge in [-0.1, -0.05) is 37.8 Å². The molecule has 1 rings (SSSR count). The van der Waals surface area contributed by atoms with E-state index in [-0.39, 0.29) is 12.1 Å². The minimum atomic E-state index is -0.254. The van der Waals surface area contributed by atoms with E-state index < -0.39 is 0 Å². The second kappa shape index (κ2) is 5.40. The highest BCUT2D eigenvalue weighted by Crippen LogP contribution is 2.29. The van der Waals surface area contributed by atoms with Crippen LogP contribution in [0.5, 0.6) is 0 Å². The number of hydrogen-bond acceptors (Lipinski definition) is 2. The topological polar surface area (TPSA) is 26.3 Å². The predicted octanol–water partition coefficient (Wildman–Crippen LogP) is 3.40. The normalized spacial score (nSPS) is 21.6. The number of esters is 1. The van der Waals surface area contributed by atoms with Crippen molar-refractivity contribution in [1.29, 1.82) is 0 Å². The van der Waals surface area contributed by atoms with E-state index in [0.29, 0.717) is 10.6 Å². The third-order valence-electron chi connectivity index (χ3n) is 2.52. The summed E-state index contributed by atoms with van der Waals surface area (Å²) >= 11 is 5.97. The fraction of sp³-hybridized carbons (Fsp3) is 0.727. The Bertz CT molecular complexity index is 246. The molecular weight excluding hydrogens is 200 g/mol. The quantitative estimate of drug-likeness (QED) is 0.520. The summed E-state index contributed by atoms with van der Waals surface area (Å²) in [6.07, 6.45) is 5.42. The summed E-state index contributed by atoms with van der Waals surface area (Å²) < 4.78 is 5.12. The zero-order valence-corrected chi connectivity index (χ0v) is 9.56. The van der Waals surface area contributed by atoms with Gasteiger partial charge in [0.05, 0.1) is 10.6 Å². The van der Waals surface area contributed by atoms with E-state index in [1.807, 2.05) is 0 Å². The van der Waals surface area contributed by atoms with Crippen molar-refractivity contribution in [2.45, 2.75) is 52.1 Å². The fourth-order valence-electron chi connectivity index (χ4n) is 1.55.